The van der Waals surface area contributed by atoms with Gasteiger partial charge < -0.3 is 19.3 Å². The summed E-state index contributed by atoms with van der Waals surface area (Å²) in [5.41, 5.74) is 1.89. The van der Waals surface area contributed by atoms with Gasteiger partial charge in [-0.1, -0.05) is 22.8 Å². The average molecular weight is 458 g/mol. The topological polar surface area (TPSA) is 95.2 Å². The molecule has 160 valence electrons. The van der Waals surface area contributed by atoms with Gasteiger partial charge in [0.25, 0.3) is 0 Å². The van der Waals surface area contributed by atoms with E-state index in [2.05, 4.69) is 25.4 Å². The Morgan fingerprint density at radius 2 is 2.03 bits per heavy atom. The molecular formula is C21H20ClN5O3S. The maximum absolute atomic E-state index is 6.20. The zero-order valence-corrected chi connectivity index (χ0v) is 18.5. The lowest BCUT2D eigenvalue weighted by molar-refractivity contribution is 0.342. The fourth-order valence-corrected chi connectivity index (χ4v) is 4.26. The van der Waals surface area contributed by atoms with Crippen molar-refractivity contribution in [3.05, 3.63) is 53.6 Å². The Kier molecular flexibility index (Phi) is 6.63. The molecule has 10 heteroatoms. The van der Waals surface area contributed by atoms with Crippen LogP contribution in [0, 0.1) is 0 Å². The Labute approximate surface area is 188 Å². The lowest BCUT2D eigenvalue weighted by Crippen LogP contribution is -2.06. The summed E-state index contributed by atoms with van der Waals surface area (Å²) < 4.78 is 15.8. The summed E-state index contributed by atoms with van der Waals surface area (Å²) in [6.07, 6.45) is 3.63. The van der Waals surface area contributed by atoms with Gasteiger partial charge in [-0.2, -0.15) is 4.98 Å². The zero-order chi connectivity index (χ0) is 21.6. The van der Waals surface area contributed by atoms with E-state index in [1.807, 2.05) is 37.3 Å². The molecule has 0 aliphatic heterocycles. The molecule has 31 heavy (non-hydrogen) atoms. The molecule has 8 nitrogen and oxygen atoms in total. The van der Waals surface area contributed by atoms with Crippen LogP contribution in [0.4, 0.5) is 5.82 Å². The van der Waals surface area contributed by atoms with Crippen molar-refractivity contribution in [3.63, 3.8) is 0 Å². The first kappa shape index (κ1) is 21.1. The molecule has 0 aliphatic rings. The van der Waals surface area contributed by atoms with Gasteiger partial charge >= 0.3 is 0 Å². The molecular weight excluding hydrogens is 438 g/mol. The molecule has 0 radical (unpaired) electrons. The number of anilines is 1. The molecule has 1 aromatic carbocycles. The number of thiophene rings is 1. The molecule has 0 saturated heterocycles. The molecule has 0 amide bonds. The van der Waals surface area contributed by atoms with Crippen LogP contribution in [-0.4, -0.2) is 40.4 Å². The largest absolute Gasteiger partial charge is 0.495 e. The van der Waals surface area contributed by atoms with Crippen LogP contribution in [0.3, 0.4) is 0 Å². The SMILES string of the molecule is CCOc1cc(-c2cc(NCCc3ccc(OC)c(Cl)c3)ncn2)sc1-c1ncon1. The molecule has 4 aromatic rings. The summed E-state index contributed by atoms with van der Waals surface area (Å²) in [6.45, 7) is 3.16. The molecule has 0 atom stereocenters. The molecule has 0 bridgehead atoms. The molecule has 0 unspecified atom stereocenters. The second kappa shape index (κ2) is 9.76. The second-order valence-electron chi connectivity index (χ2n) is 6.43. The highest BCUT2D eigenvalue weighted by Gasteiger charge is 2.18. The summed E-state index contributed by atoms with van der Waals surface area (Å²) in [7, 11) is 1.60. The first-order valence-corrected chi connectivity index (χ1v) is 10.8. The van der Waals surface area contributed by atoms with E-state index in [4.69, 9.17) is 25.6 Å². The van der Waals surface area contributed by atoms with Crippen molar-refractivity contribution in [1.82, 2.24) is 20.1 Å². The maximum atomic E-state index is 6.20. The van der Waals surface area contributed by atoms with Crippen molar-refractivity contribution in [2.24, 2.45) is 0 Å². The van der Waals surface area contributed by atoms with Crippen LogP contribution in [0.5, 0.6) is 11.5 Å². The van der Waals surface area contributed by atoms with Gasteiger partial charge in [-0.05, 0) is 31.0 Å². The highest BCUT2D eigenvalue weighted by molar-refractivity contribution is 7.19. The van der Waals surface area contributed by atoms with Crippen LogP contribution in [-0.2, 0) is 6.42 Å². The third-order valence-electron chi connectivity index (χ3n) is 4.42. The maximum Gasteiger partial charge on any atom is 0.216 e. The fraction of sp³-hybridized carbons (Fsp3) is 0.238. The zero-order valence-electron chi connectivity index (χ0n) is 17.0. The minimum absolute atomic E-state index is 0.491. The van der Waals surface area contributed by atoms with Crippen LogP contribution in [0.15, 0.2) is 47.6 Å². The molecule has 1 N–H and O–H groups in total. The first-order chi connectivity index (χ1) is 15.2. The number of aromatic nitrogens is 4. The number of nitrogens with one attached hydrogen (secondary N) is 1. The summed E-state index contributed by atoms with van der Waals surface area (Å²) in [5.74, 6) is 2.59. The van der Waals surface area contributed by atoms with Gasteiger partial charge in [-0.3, -0.25) is 0 Å². The van der Waals surface area contributed by atoms with Crippen molar-refractivity contribution < 1.29 is 14.0 Å². The Morgan fingerprint density at radius 3 is 2.77 bits per heavy atom. The van der Waals surface area contributed by atoms with E-state index in [1.54, 1.807) is 7.11 Å². The van der Waals surface area contributed by atoms with Crippen LogP contribution < -0.4 is 14.8 Å². The summed E-state index contributed by atoms with van der Waals surface area (Å²) in [6, 6.07) is 9.62. The molecule has 0 saturated carbocycles. The Morgan fingerprint density at radius 1 is 1.13 bits per heavy atom. The minimum atomic E-state index is 0.491. The summed E-state index contributed by atoms with van der Waals surface area (Å²) >= 11 is 7.69. The highest BCUT2D eigenvalue weighted by atomic mass is 35.5. The molecule has 0 aliphatic carbocycles. The Hall–Kier alpha value is -3.17. The molecule has 4 rings (SSSR count). The quantitative estimate of drug-likeness (QED) is 0.376. The monoisotopic (exact) mass is 457 g/mol. The van der Waals surface area contributed by atoms with Crippen molar-refractivity contribution >= 4 is 28.8 Å². The molecule has 0 fully saturated rings. The normalized spacial score (nSPS) is 10.8. The van der Waals surface area contributed by atoms with Crippen molar-refractivity contribution in [2.75, 3.05) is 25.6 Å². The van der Waals surface area contributed by atoms with Crippen LogP contribution >= 0.6 is 22.9 Å². The van der Waals surface area contributed by atoms with E-state index >= 15 is 0 Å². The standard InChI is InChI=1S/C21H20ClN5O3S/c1-3-29-17-10-18(31-20(17)21-26-12-30-27-21)15-9-19(25-11-24-15)23-7-6-13-4-5-16(28-2)14(22)8-13/h4-5,8-12H,3,6-7H2,1-2H3,(H,23,24,25). The Balaban J connectivity index is 1.47. The minimum Gasteiger partial charge on any atom is -0.495 e. The van der Waals surface area contributed by atoms with Crippen LogP contribution in [0.1, 0.15) is 12.5 Å². The van der Waals surface area contributed by atoms with Crippen molar-refractivity contribution in [2.45, 2.75) is 13.3 Å². The summed E-state index contributed by atoms with van der Waals surface area (Å²) in [4.78, 5) is 14.6. The van der Waals surface area contributed by atoms with Gasteiger partial charge in [0.05, 0.1) is 29.3 Å². The van der Waals surface area contributed by atoms with Gasteiger partial charge in [0.2, 0.25) is 12.2 Å². The number of halogens is 1. The smallest absolute Gasteiger partial charge is 0.216 e. The van der Waals surface area contributed by atoms with Gasteiger partial charge in [0.1, 0.15) is 28.5 Å². The van der Waals surface area contributed by atoms with Gasteiger partial charge in [0.15, 0.2) is 0 Å². The van der Waals surface area contributed by atoms with E-state index in [9.17, 15) is 0 Å². The average Bonchev–Trinajstić information content (AvgIpc) is 3.44. The van der Waals surface area contributed by atoms with E-state index in [0.29, 0.717) is 35.5 Å². The van der Waals surface area contributed by atoms with Crippen molar-refractivity contribution in [1.29, 1.82) is 0 Å². The summed E-state index contributed by atoms with van der Waals surface area (Å²) in [5, 5.41) is 7.86. The van der Waals surface area contributed by atoms with E-state index in [-0.39, 0.29) is 0 Å². The number of rotatable bonds is 9. The van der Waals surface area contributed by atoms with Gasteiger partial charge in [0, 0.05) is 18.7 Å². The van der Waals surface area contributed by atoms with Crippen molar-refractivity contribution in [3.8, 4) is 32.8 Å². The second-order valence-corrected chi connectivity index (χ2v) is 7.89. The number of methoxy groups -OCH3 is 1. The number of nitrogens with zero attached hydrogens (tertiary/aromatic N) is 4. The number of benzene rings is 1. The predicted molar refractivity (Wildman–Crippen MR) is 120 cm³/mol. The van der Waals surface area contributed by atoms with Gasteiger partial charge in [-0.15, -0.1) is 11.3 Å². The van der Waals surface area contributed by atoms with E-state index in [0.717, 1.165) is 33.3 Å². The van der Waals surface area contributed by atoms with Crippen LogP contribution in [0.25, 0.3) is 21.3 Å². The van der Waals surface area contributed by atoms with Crippen LogP contribution in [0.2, 0.25) is 5.02 Å². The molecule has 3 aromatic heterocycles. The van der Waals surface area contributed by atoms with Gasteiger partial charge in [-0.25, -0.2) is 9.97 Å². The van der Waals surface area contributed by atoms with E-state index in [1.165, 1.54) is 24.1 Å². The third kappa shape index (κ3) is 4.95. The first-order valence-electron chi connectivity index (χ1n) is 9.60. The molecule has 3 heterocycles. The van der Waals surface area contributed by atoms with E-state index < -0.39 is 0 Å². The number of hydrogen-bond acceptors (Lipinski definition) is 9. The predicted octanol–water partition coefficient (Wildman–Crippen LogP) is 4.97. The molecule has 0 spiro atoms. The fourth-order valence-electron chi connectivity index (χ4n) is 2.98. The lowest BCUT2D eigenvalue weighted by atomic mass is 10.1. The lowest BCUT2D eigenvalue weighted by Gasteiger charge is -2.08. The Bertz CT molecular complexity index is 1150. The number of hydrogen-bond donors (Lipinski definition) is 1. The number of ether oxygens (including phenoxy) is 2. The highest BCUT2D eigenvalue weighted by Crippen LogP contribution is 2.41. The third-order valence-corrected chi connectivity index (χ3v) is 5.85.